The quantitative estimate of drug-likeness (QED) is 0.822. The Balaban J connectivity index is 0.00000324. The lowest BCUT2D eigenvalue weighted by Gasteiger charge is -2.24. The van der Waals surface area contributed by atoms with E-state index in [2.05, 4.69) is 37.4 Å². The lowest BCUT2D eigenvalue weighted by molar-refractivity contribution is -0.120. The van der Waals surface area contributed by atoms with E-state index in [1.807, 2.05) is 13.8 Å². The summed E-state index contributed by atoms with van der Waals surface area (Å²) in [6, 6.07) is 6.28. The molecule has 0 aliphatic heterocycles. The molecule has 0 unspecified atom stereocenters. The minimum atomic E-state index is -0.334. The maximum absolute atomic E-state index is 11.8. The van der Waals surface area contributed by atoms with Crippen LogP contribution in [0.5, 0.6) is 0 Å². The highest BCUT2D eigenvalue weighted by Crippen LogP contribution is 2.23. The number of nitrogens with two attached hydrogens (primary N) is 1. The first-order chi connectivity index (χ1) is 8.34. The lowest BCUT2D eigenvalue weighted by atomic mass is 10.1. The highest BCUT2D eigenvalue weighted by molar-refractivity contribution is 8.00. The number of benzene rings is 1. The molecule has 0 fully saturated rings. The third-order valence-electron chi connectivity index (χ3n) is 2.69. The van der Waals surface area contributed by atoms with E-state index in [4.69, 9.17) is 5.73 Å². The smallest absolute Gasteiger partial charge is 0.230 e. The fourth-order valence-corrected chi connectivity index (χ4v) is 2.39. The maximum Gasteiger partial charge on any atom is 0.230 e. The van der Waals surface area contributed by atoms with E-state index in [9.17, 15) is 4.79 Å². The van der Waals surface area contributed by atoms with Gasteiger partial charge in [-0.05, 0) is 39.3 Å². The molecule has 0 aliphatic rings. The highest BCUT2D eigenvalue weighted by Gasteiger charge is 2.18. The molecule has 0 saturated carbocycles. The van der Waals surface area contributed by atoms with Crippen molar-refractivity contribution in [3.8, 4) is 0 Å². The topological polar surface area (TPSA) is 55.1 Å². The van der Waals surface area contributed by atoms with Gasteiger partial charge in [0.05, 0.1) is 5.75 Å². The summed E-state index contributed by atoms with van der Waals surface area (Å²) in [5, 5.41) is 2.93. The van der Waals surface area contributed by atoms with Gasteiger partial charge >= 0.3 is 0 Å². The molecular formula is C14H23ClN2OS. The molecule has 1 rings (SSSR count). The highest BCUT2D eigenvalue weighted by atomic mass is 35.5. The van der Waals surface area contributed by atoms with Crippen LogP contribution in [0.2, 0.25) is 0 Å². The molecule has 1 amide bonds. The number of hydrogen-bond donors (Lipinski definition) is 2. The van der Waals surface area contributed by atoms with Gasteiger partial charge in [0.2, 0.25) is 5.91 Å². The summed E-state index contributed by atoms with van der Waals surface area (Å²) >= 11 is 1.57. The summed E-state index contributed by atoms with van der Waals surface area (Å²) in [4.78, 5) is 13.0. The molecule has 0 radical (unpaired) electrons. The Labute approximate surface area is 126 Å². The van der Waals surface area contributed by atoms with Gasteiger partial charge in [-0.25, -0.2) is 0 Å². The maximum atomic E-state index is 11.8. The van der Waals surface area contributed by atoms with Gasteiger partial charge < -0.3 is 11.1 Å². The molecule has 0 aliphatic carbocycles. The molecule has 3 nitrogen and oxygen atoms in total. The summed E-state index contributed by atoms with van der Waals surface area (Å²) in [6.45, 7) is 8.40. The molecule has 1 aromatic rings. The minimum Gasteiger partial charge on any atom is -0.349 e. The predicted octanol–water partition coefficient (Wildman–Crippen LogP) is 2.67. The molecule has 0 aromatic heterocycles. The molecule has 0 atom stereocenters. The van der Waals surface area contributed by atoms with Gasteiger partial charge in [0.1, 0.15) is 0 Å². The third kappa shape index (κ3) is 6.32. The summed E-state index contributed by atoms with van der Waals surface area (Å²) in [5.74, 6) is 0.449. The first-order valence-corrected chi connectivity index (χ1v) is 7.04. The number of nitrogens with one attached hydrogen (secondary N) is 1. The largest absolute Gasteiger partial charge is 0.349 e. The summed E-state index contributed by atoms with van der Waals surface area (Å²) in [5.41, 5.74) is 7.67. The van der Waals surface area contributed by atoms with Crippen LogP contribution >= 0.6 is 24.2 Å². The second-order valence-electron chi connectivity index (χ2n) is 5.19. The first-order valence-electron chi connectivity index (χ1n) is 6.05. The van der Waals surface area contributed by atoms with Gasteiger partial charge in [0, 0.05) is 17.0 Å². The van der Waals surface area contributed by atoms with Gasteiger partial charge in [0.15, 0.2) is 0 Å². The van der Waals surface area contributed by atoms with E-state index >= 15 is 0 Å². The number of aryl methyl sites for hydroxylation is 2. The fourth-order valence-electron chi connectivity index (χ4n) is 1.47. The van der Waals surface area contributed by atoms with E-state index < -0.39 is 0 Å². The normalized spacial score (nSPS) is 10.8. The van der Waals surface area contributed by atoms with E-state index in [-0.39, 0.29) is 23.9 Å². The van der Waals surface area contributed by atoms with Crippen molar-refractivity contribution in [2.75, 3.05) is 12.3 Å². The zero-order valence-corrected chi connectivity index (χ0v) is 13.6. The fraction of sp³-hybridized carbons (Fsp3) is 0.500. The molecule has 0 spiro atoms. The SMILES string of the molecule is Cc1ccc(C)c(SCC(=O)NC(C)(C)CN)c1.Cl. The molecule has 19 heavy (non-hydrogen) atoms. The van der Waals surface area contributed by atoms with Crippen molar-refractivity contribution in [3.05, 3.63) is 29.3 Å². The number of carbonyl (C=O) groups is 1. The van der Waals surface area contributed by atoms with Crippen LogP contribution in [-0.4, -0.2) is 23.7 Å². The van der Waals surface area contributed by atoms with Gasteiger partial charge in [-0.1, -0.05) is 17.7 Å². The van der Waals surface area contributed by atoms with Crippen LogP contribution in [0, 0.1) is 13.8 Å². The molecule has 0 saturated heterocycles. The van der Waals surface area contributed by atoms with Crippen molar-refractivity contribution in [2.24, 2.45) is 5.73 Å². The monoisotopic (exact) mass is 302 g/mol. The molecule has 0 bridgehead atoms. The number of thioether (sulfide) groups is 1. The summed E-state index contributed by atoms with van der Waals surface area (Å²) in [6.07, 6.45) is 0. The van der Waals surface area contributed by atoms with E-state index in [1.165, 1.54) is 11.1 Å². The van der Waals surface area contributed by atoms with Crippen molar-refractivity contribution < 1.29 is 4.79 Å². The van der Waals surface area contributed by atoms with Gasteiger partial charge in [-0.15, -0.1) is 24.2 Å². The Bertz CT molecular complexity index is 435. The summed E-state index contributed by atoms with van der Waals surface area (Å²) < 4.78 is 0. The van der Waals surface area contributed by atoms with Crippen LogP contribution in [0.25, 0.3) is 0 Å². The first kappa shape index (κ1) is 18.3. The molecule has 0 heterocycles. The van der Waals surface area contributed by atoms with Gasteiger partial charge in [0.25, 0.3) is 0 Å². The number of rotatable bonds is 5. The molecule has 108 valence electrons. The van der Waals surface area contributed by atoms with Crippen LogP contribution < -0.4 is 11.1 Å². The summed E-state index contributed by atoms with van der Waals surface area (Å²) in [7, 11) is 0. The number of halogens is 1. The molecule has 3 N–H and O–H groups in total. The Morgan fingerprint density at radius 1 is 1.37 bits per heavy atom. The van der Waals surface area contributed by atoms with Gasteiger partial charge in [-0.2, -0.15) is 0 Å². The Kier molecular flexibility index (Phi) is 7.49. The van der Waals surface area contributed by atoms with Crippen molar-refractivity contribution in [1.82, 2.24) is 5.32 Å². The third-order valence-corrected chi connectivity index (χ3v) is 3.85. The van der Waals surface area contributed by atoms with Crippen LogP contribution in [0.1, 0.15) is 25.0 Å². The Morgan fingerprint density at radius 3 is 2.58 bits per heavy atom. The lowest BCUT2D eigenvalue weighted by Crippen LogP contribution is -2.49. The van der Waals surface area contributed by atoms with Crippen LogP contribution in [0.15, 0.2) is 23.1 Å². The Morgan fingerprint density at radius 2 is 2.00 bits per heavy atom. The zero-order chi connectivity index (χ0) is 13.8. The number of carbonyl (C=O) groups excluding carboxylic acids is 1. The molecular weight excluding hydrogens is 280 g/mol. The van der Waals surface area contributed by atoms with E-state index in [0.717, 1.165) is 4.90 Å². The Hall–Kier alpha value is -0.710. The number of hydrogen-bond acceptors (Lipinski definition) is 3. The average molecular weight is 303 g/mol. The molecule has 1 aromatic carbocycles. The van der Waals surface area contributed by atoms with Crippen molar-refractivity contribution in [3.63, 3.8) is 0 Å². The molecule has 5 heteroatoms. The van der Waals surface area contributed by atoms with Crippen LogP contribution in [0.4, 0.5) is 0 Å². The van der Waals surface area contributed by atoms with Crippen molar-refractivity contribution in [1.29, 1.82) is 0 Å². The van der Waals surface area contributed by atoms with E-state index in [0.29, 0.717) is 12.3 Å². The zero-order valence-electron chi connectivity index (χ0n) is 11.9. The standard InChI is InChI=1S/C14H22N2OS.ClH/c1-10-5-6-11(2)12(7-10)18-8-13(17)16-14(3,4)9-15;/h5-7H,8-9,15H2,1-4H3,(H,16,17);1H. The van der Waals surface area contributed by atoms with E-state index in [1.54, 1.807) is 11.8 Å². The number of amides is 1. The second kappa shape index (κ2) is 7.78. The van der Waals surface area contributed by atoms with Crippen LogP contribution in [-0.2, 0) is 4.79 Å². The van der Waals surface area contributed by atoms with Crippen molar-refractivity contribution in [2.45, 2.75) is 38.1 Å². The minimum absolute atomic E-state index is 0. The van der Waals surface area contributed by atoms with Crippen molar-refractivity contribution >= 4 is 30.1 Å². The predicted molar refractivity (Wildman–Crippen MR) is 85.2 cm³/mol. The second-order valence-corrected chi connectivity index (χ2v) is 6.21. The van der Waals surface area contributed by atoms with Gasteiger partial charge in [-0.3, -0.25) is 4.79 Å². The van der Waals surface area contributed by atoms with Crippen LogP contribution in [0.3, 0.4) is 0 Å². The average Bonchev–Trinajstić information content (AvgIpc) is 2.30.